The number of ether oxygens (including phenoxy) is 1. The van der Waals surface area contributed by atoms with Crippen LogP contribution in [0.1, 0.15) is 17.7 Å². The van der Waals surface area contributed by atoms with Crippen molar-refractivity contribution >= 4 is 17.4 Å². The summed E-state index contributed by atoms with van der Waals surface area (Å²) in [5.74, 6) is 1.73. The first kappa shape index (κ1) is 20.5. The van der Waals surface area contributed by atoms with E-state index in [2.05, 4.69) is 10.3 Å². The number of fused-ring (bicyclic) bond motifs is 1. The molecule has 1 aliphatic rings. The van der Waals surface area contributed by atoms with E-state index in [0.29, 0.717) is 23.0 Å². The molecule has 4 rings (SSSR count). The van der Waals surface area contributed by atoms with E-state index in [1.54, 1.807) is 44.8 Å². The lowest BCUT2D eigenvalue weighted by Crippen LogP contribution is -2.32. The molecule has 1 aliphatic carbocycles. The quantitative estimate of drug-likeness (QED) is 0.649. The molecule has 3 heterocycles. The van der Waals surface area contributed by atoms with E-state index in [1.165, 1.54) is 10.6 Å². The third-order valence-electron chi connectivity index (χ3n) is 5.22. The van der Waals surface area contributed by atoms with Crippen LogP contribution >= 0.6 is 0 Å². The highest BCUT2D eigenvalue weighted by Crippen LogP contribution is 2.31. The maximum atomic E-state index is 12.6. The van der Waals surface area contributed by atoms with Gasteiger partial charge < -0.3 is 19.5 Å². The number of nitrogens with zero attached hydrogens (tertiary/aromatic N) is 5. The second-order valence-electron chi connectivity index (χ2n) is 7.50. The Morgan fingerprint density at radius 2 is 2.10 bits per heavy atom. The van der Waals surface area contributed by atoms with Crippen LogP contribution in [0.4, 0.5) is 11.5 Å². The standard InChI is InChI=1S/C22H24N6O3/c1-27-12-14(7-8-20(27)30)24-19(29)13-28(2)22-16-5-4-6-17(16)25-21(26-22)18-11-15(31-3)9-10-23-18/h7-12H,4-6,13H2,1-3H3,(H,24,29). The Bertz CT molecular complexity index is 1190. The van der Waals surface area contributed by atoms with Gasteiger partial charge in [-0.3, -0.25) is 14.6 Å². The number of amides is 1. The minimum absolute atomic E-state index is 0.108. The smallest absolute Gasteiger partial charge is 0.250 e. The molecule has 9 heteroatoms. The van der Waals surface area contributed by atoms with Crippen molar-refractivity contribution in [3.05, 3.63) is 58.3 Å². The zero-order chi connectivity index (χ0) is 22.0. The van der Waals surface area contributed by atoms with Crippen LogP contribution < -0.4 is 20.5 Å². The highest BCUT2D eigenvalue weighted by Gasteiger charge is 2.23. The Morgan fingerprint density at radius 1 is 1.26 bits per heavy atom. The van der Waals surface area contributed by atoms with Crippen LogP contribution in [0.2, 0.25) is 0 Å². The summed E-state index contributed by atoms with van der Waals surface area (Å²) >= 11 is 0. The summed E-state index contributed by atoms with van der Waals surface area (Å²) in [5, 5.41) is 2.83. The van der Waals surface area contributed by atoms with Crippen LogP contribution in [0.25, 0.3) is 11.5 Å². The highest BCUT2D eigenvalue weighted by atomic mass is 16.5. The number of carbonyl (C=O) groups excluding carboxylic acids is 1. The lowest BCUT2D eigenvalue weighted by molar-refractivity contribution is -0.114. The van der Waals surface area contributed by atoms with Gasteiger partial charge in [0.05, 0.1) is 19.3 Å². The summed E-state index contributed by atoms with van der Waals surface area (Å²) < 4.78 is 6.71. The number of aryl methyl sites for hydroxylation is 2. The second-order valence-corrected chi connectivity index (χ2v) is 7.50. The Kier molecular flexibility index (Phi) is 5.66. The molecule has 0 saturated heterocycles. The van der Waals surface area contributed by atoms with Crippen molar-refractivity contribution in [2.24, 2.45) is 7.05 Å². The molecule has 160 valence electrons. The fraction of sp³-hybridized carbons (Fsp3) is 0.318. The topological polar surface area (TPSA) is 102 Å². The van der Waals surface area contributed by atoms with Gasteiger partial charge >= 0.3 is 0 Å². The van der Waals surface area contributed by atoms with Crippen LogP contribution in [-0.4, -0.2) is 46.1 Å². The van der Waals surface area contributed by atoms with E-state index in [1.807, 2.05) is 11.9 Å². The average Bonchev–Trinajstić information content (AvgIpc) is 3.24. The minimum atomic E-state index is -0.201. The Labute approximate surface area is 179 Å². The first-order valence-electron chi connectivity index (χ1n) is 10.0. The van der Waals surface area contributed by atoms with Gasteiger partial charge in [0.1, 0.15) is 17.3 Å². The van der Waals surface area contributed by atoms with Crippen LogP contribution in [0, 0.1) is 0 Å². The molecule has 0 unspecified atom stereocenters. The van der Waals surface area contributed by atoms with E-state index >= 15 is 0 Å². The van der Waals surface area contributed by atoms with E-state index in [4.69, 9.17) is 14.7 Å². The van der Waals surface area contributed by atoms with Gasteiger partial charge in [-0.05, 0) is 31.4 Å². The molecular formula is C22H24N6O3. The normalized spacial score (nSPS) is 12.4. The maximum absolute atomic E-state index is 12.6. The molecule has 0 bridgehead atoms. The number of hydrogen-bond acceptors (Lipinski definition) is 7. The summed E-state index contributed by atoms with van der Waals surface area (Å²) in [6.45, 7) is 0.108. The van der Waals surface area contributed by atoms with Crippen LogP contribution in [-0.2, 0) is 24.7 Å². The lowest BCUT2D eigenvalue weighted by atomic mass is 10.2. The molecular weight excluding hydrogens is 396 g/mol. The molecule has 3 aromatic rings. The van der Waals surface area contributed by atoms with E-state index in [9.17, 15) is 9.59 Å². The number of pyridine rings is 2. The summed E-state index contributed by atoms with van der Waals surface area (Å²) in [6.07, 6.45) is 6.01. The molecule has 0 atom stereocenters. The Balaban J connectivity index is 1.59. The minimum Gasteiger partial charge on any atom is -0.497 e. The van der Waals surface area contributed by atoms with Crippen molar-refractivity contribution in [3.8, 4) is 17.3 Å². The highest BCUT2D eigenvalue weighted by molar-refractivity contribution is 5.93. The summed E-state index contributed by atoms with van der Waals surface area (Å²) in [4.78, 5) is 39.8. The molecule has 0 saturated carbocycles. The summed E-state index contributed by atoms with van der Waals surface area (Å²) in [7, 11) is 5.08. The van der Waals surface area contributed by atoms with Crippen molar-refractivity contribution in [1.82, 2.24) is 19.5 Å². The van der Waals surface area contributed by atoms with Gasteiger partial charge in [-0.1, -0.05) is 0 Å². The molecule has 3 aromatic heterocycles. The van der Waals surface area contributed by atoms with Crippen molar-refractivity contribution in [2.75, 3.05) is 30.9 Å². The third kappa shape index (κ3) is 4.40. The molecule has 31 heavy (non-hydrogen) atoms. The maximum Gasteiger partial charge on any atom is 0.250 e. The van der Waals surface area contributed by atoms with Crippen LogP contribution in [0.3, 0.4) is 0 Å². The van der Waals surface area contributed by atoms with Crippen LogP contribution in [0.15, 0.2) is 41.5 Å². The van der Waals surface area contributed by atoms with Crippen molar-refractivity contribution in [3.63, 3.8) is 0 Å². The Morgan fingerprint density at radius 3 is 2.87 bits per heavy atom. The van der Waals surface area contributed by atoms with Crippen molar-refractivity contribution in [2.45, 2.75) is 19.3 Å². The van der Waals surface area contributed by atoms with Crippen LogP contribution in [0.5, 0.6) is 5.75 Å². The monoisotopic (exact) mass is 420 g/mol. The predicted molar refractivity (Wildman–Crippen MR) is 117 cm³/mol. The number of hydrogen-bond donors (Lipinski definition) is 1. The second kappa shape index (κ2) is 8.55. The first-order valence-corrected chi connectivity index (χ1v) is 10.0. The summed E-state index contributed by atoms with van der Waals surface area (Å²) in [6, 6.07) is 6.58. The lowest BCUT2D eigenvalue weighted by Gasteiger charge is -2.21. The molecule has 1 N–H and O–H groups in total. The van der Waals surface area contributed by atoms with Gasteiger partial charge in [0, 0.05) is 49.9 Å². The summed E-state index contributed by atoms with van der Waals surface area (Å²) in [5.41, 5.74) is 3.12. The molecule has 0 aliphatic heterocycles. The SMILES string of the molecule is COc1ccnc(-c2nc3c(c(N(C)CC(=O)Nc4ccc(=O)n(C)c4)n2)CCC3)c1. The Hall–Kier alpha value is -3.75. The molecule has 1 amide bonds. The first-order chi connectivity index (χ1) is 14.9. The molecule has 0 spiro atoms. The van der Waals surface area contributed by atoms with Crippen molar-refractivity contribution in [1.29, 1.82) is 0 Å². The number of aromatic nitrogens is 4. The predicted octanol–water partition coefficient (Wildman–Crippen LogP) is 1.81. The third-order valence-corrected chi connectivity index (χ3v) is 5.22. The van der Waals surface area contributed by atoms with E-state index in [-0.39, 0.29) is 18.0 Å². The number of nitrogens with one attached hydrogen (secondary N) is 1. The largest absolute Gasteiger partial charge is 0.497 e. The van der Waals surface area contributed by atoms with Gasteiger partial charge in [-0.25, -0.2) is 9.97 Å². The van der Waals surface area contributed by atoms with E-state index in [0.717, 1.165) is 36.3 Å². The fourth-order valence-electron chi connectivity index (χ4n) is 3.66. The average molecular weight is 420 g/mol. The zero-order valence-electron chi connectivity index (χ0n) is 17.8. The zero-order valence-corrected chi connectivity index (χ0v) is 17.8. The van der Waals surface area contributed by atoms with Gasteiger partial charge in [-0.15, -0.1) is 0 Å². The fourth-order valence-corrected chi connectivity index (χ4v) is 3.66. The molecule has 0 fully saturated rings. The molecule has 0 radical (unpaired) electrons. The van der Waals surface area contributed by atoms with Gasteiger partial charge in [0.25, 0.3) is 0 Å². The number of rotatable bonds is 6. The molecule has 9 nitrogen and oxygen atoms in total. The number of likely N-dealkylation sites (N-methyl/N-ethyl adjacent to an activating group) is 1. The number of carbonyl (C=O) groups is 1. The number of anilines is 2. The van der Waals surface area contributed by atoms with E-state index < -0.39 is 0 Å². The molecule has 0 aromatic carbocycles. The van der Waals surface area contributed by atoms with Gasteiger partial charge in [0.15, 0.2) is 5.82 Å². The number of methoxy groups -OCH3 is 1. The van der Waals surface area contributed by atoms with Gasteiger partial charge in [0.2, 0.25) is 11.5 Å². The van der Waals surface area contributed by atoms with Gasteiger partial charge in [-0.2, -0.15) is 0 Å². The van der Waals surface area contributed by atoms with Crippen molar-refractivity contribution < 1.29 is 9.53 Å².